The first kappa shape index (κ1) is 12.6. The fourth-order valence-corrected chi connectivity index (χ4v) is 2.92. The van der Waals surface area contributed by atoms with Gasteiger partial charge in [0.25, 0.3) is 0 Å². The fourth-order valence-electron chi connectivity index (χ4n) is 2.92. The number of aryl methyl sites for hydroxylation is 2. The van der Waals surface area contributed by atoms with Crippen LogP contribution in [0.25, 0.3) is 0 Å². The van der Waals surface area contributed by atoms with Crippen LogP contribution in [0.15, 0.2) is 6.20 Å². The quantitative estimate of drug-likeness (QED) is 0.869. The number of rotatable bonds is 4. The van der Waals surface area contributed by atoms with Crippen molar-refractivity contribution < 1.29 is 0 Å². The van der Waals surface area contributed by atoms with Gasteiger partial charge >= 0.3 is 0 Å². The Balaban J connectivity index is 1.93. The lowest BCUT2D eigenvalue weighted by molar-refractivity contribution is 0.369. The summed E-state index contributed by atoms with van der Waals surface area (Å²) in [5.41, 5.74) is 2.60. The first-order valence-electron chi connectivity index (χ1n) is 6.86. The van der Waals surface area contributed by atoms with E-state index in [1.165, 1.54) is 24.1 Å². The lowest BCUT2D eigenvalue weighted by atomic mass is 9.97. The second-order valence-corrected chi connectivity index (χ2v) is 5.53. The van der Waals surface area contributed by atoms with Crippen LogP contribution < -0.4 is 5.32 Å². The summed E-state index contributed by atoms with van der Waals surface area (Å²) in [5, 5.41) is 8.20. The maximum absolute atomic E-state index is 4.48. The van der Waals surface area contributed by atoms with Crippen LogP contribution >= 0.6 is 0 Å². The molecule has 3 unspecified atom stereocenters. The maximum Gasteiger partial charge on any atom is 0.0666 e. The third-order valence-electron chi connectivity index (χ3n) is 4.35. The first-order valence-corrected chi connectivity index (χ1v) is 6.86. The lowest BCUT2D eigenvalue weighted by Crippen LogP contribution is -2.32. The molecule has 1 aromatic heterocycles. The van der Waals surface area contributed by atoms with Crippen LogP contribution in [0.2, 0.25) is 0 Å². The predicted octanol–water partition coefficient (Wildman–Crippen LogP) is 2.51. The van der Waals surface area contributed by atoms with Crippen molar-refractivity contribution in [1.29, 1.82) is 0 Å². The van der Waals surface area contributed by atoms with Crippen LogP contribution in [-0.2, 0) is 20.0 Å². The number of aromatic nitrogens is 2. The highest BCUT2D eigenvalue weighted by Gasteiger charge is 2.29. The molecule has 0 radical (unpaired) electrons. The van der Waals surface area contributed by atoms with Crippen LogP contribution in [0.4, 0.5) is 0 Å². The summed E-state index contributed by atoms with van der Waals surface area (Å²) in [6, 6.07) is 0.690. The van der Waals surface area contributed by atoms with E-state index in [0.29, 0.717) is 6.04 Å². The molecule has 0 amide bonds. The van der Waals surface area contributed by atoms with Gasteiger partial charge in [-0.3, -0.25) is 4.68 Å². The van der Waals surface area contributed by atoms with Gasteiger partial charge in [-0.05, 0) is 31.1 Å². The van der Waals surface area contributed by atoms with Crippen molar-refractivity contribution in [3.8, 4) is 0 Å². The molecule has 0 saturated heterocycles. The minimum atomic E-state index is 0.690. The second-order valence-electron chi connectivity index (χ2n) is 5.53. The van der Waals surface area contributed by atoms with Crippen LogP contribution in [0.5, 0.6) is 0 Å². The Bertz CT molecular complexity index is 370. The van der Waals surface area contributed by atoms with Crippen molar-refractivity contribution in [1.82, 2.24) is 15.1 Å². The van der Waals surface area contributed by atoms with Gasteiger partial charge in [0, 0.05) is 31.4 Å². The van der Waals surface area contributed by atoms with E-state index in [2.05, 4.69) is 37.4 Å². The van der Waals surface area contributed by atoms with E-state index >= 15 is 0 Å². The van der Waals surface area contributed by atoms with Crippen LogP contribution in [0, 0.1) is 11.8 Å². The highest BCUT2D eigenvalue weighted by molar-refractivity contribution is 5.16. The molecule has 1 aliphatic carbocycles. The summed E-state index contributed by atoms with van der Waals surface area (Å²) < 4.78 is 1.93. The SMILES string of the molecule is CCc1nn(C)cc1CNC1CCC(C)C1C. The van der Waals surface area contributed by atoms with Crippen molar-refractivity contribution in [3.63, 3.8) is 0 Å². The molecule has 17 heavy (non-hydrogen) atoms. The predicted molar refractivity (Wildman–Crippen MR) is 70.8 cm³/mol. The molecule has 0 bridgehead atoms. The first-order chi connectivity index (χ1) is 8.11. The molecule has 1 N–H and O–H groups in total. The average molecular weight is 235 g/mol. The number of hydrogen-bond acceptors (Lipinski definition) is 2. The van der Waals surface area contributed by atoms with Crippen molar-refractivity contribution in [2.24, 2.45) is 18.9 Å². The molecular formula is C14H25N3. The molecule has 3 atom stereocenters. The summed E-state index contributed by atoms with van der Waals surface area (Å²) in [4.78, 5) is 0. The summed E-state index contributed by atoms with van der Waals surface area (Å²) >= 11 is 0. The van der Waals surface area contributed by atoms with Crippen molar-refractivity contribution in [3.05, 3.63) is 17.5 Å². The monoisotopic (exact) mass is 235 g/mol. The fraction of sp³-hybridized carbons (Fsp3) is 0.786. The maximum atomic E-state index is 4.48. The van der Waals surface area contributed by atoms with E-state index in [1.807, 2.05) is 11.7 Å². The highest BCUT2D eigenvalue weighted by atomic mass is 15.3. The van der Waals surface area contributed by atoms with Gasteiger partial charge in [0.15, 0.2) is 0 Å². The molecule has 0 aliphatic heterocycles. The van der Waals surface area contributed by atoms with Gasteiger partial charge in [0.1, 0.15) is 0 Å². The van der Waals surface area contributed by atoms with E-state index in [1.54, 1.807) is 0 Å². The van der Waals surface area contributed by atoms with Crippen molar-refractivity contribution in [2.75, 3.05) is 0 Å². The molecule has 0 aromatic carbocycles. The molecule has 0 spiro atoms. The van der Waals surface area contributed by atoms with E-state index in [9.17, 15) is 0 Å². The molecular weight excluding hydrogens is 210 g/mol. The number of nitrogens with one attached hydrogen (secondary N) is 1. The van der Waals surface area contributed by atoms with Crippen LogP contribution in [0.3, 0.4) is 0 Å². The van der Waals surface area contributed by atoms with E-state index in [0.717, 1.165) is 24.8 Å². The molecule has 3 heteroatoms. The van der Waals surface area contributed by atoms with Gasteiger partial charge in [-0.1, -0.05) is 20.8 Å². The summed E-state index contributed by atoms with van der Waals surface area (Å²) in [5.74, 6) is 1.67. The summed E-state index contributed by atoms with van der Waals surface area (Å²) in [6.45, 7) is 7.89. The Morgan fingerprint density at radius 3 is 2.76 bits per heavy atom. The molecule has 1 fully saturated rings. The standard InChI is InChI=1S/C14H25N3/c1-5-13-12(9-17(4)16-13)8-15-14-7-6-10(2)11(14)3/h9-11,14-15H,5-8H2,1-4H3. The smallest absolute Gasteiger partial charge is 0.0666 e. The summed E-state index contributed by atoms with van der Waals surface area (Å²) in [7, 11) is 2.00. The van der Waals surface area contributed by atoms with Crippen molar-refractivity contribution >= 4 is 0 Å². The average Bonchev–Trinajstić information content (AvgIpc) is 2.82. The minimum absolute atomic E-state index is 0.690. The van der Waals surface area contributed by atoms with Crippen molar-refractivity contribution in [2.45, 2.75) is 52.6 Å². The highest BCUT2D eigenvalue weighted by Crippen LogP contribution is 2.31. The molecule has 1 heterocycles. The lowest BCUT2D eigenvalue weighted by Gasteiger charge is -2.19. The Morgan fingerprint density at radius 2 is 2.18 bits per heavy atom. The van der Waals surface area contributed by atoms with Gasteiger partial charge in [0.05, 0.1) is 5.69 Å². The van der Waals surface area contributed by atoms with Gasteiger partial charge in [0.2, 0.25) is 0 Å². The van der Waals surface area contributed by atoms with Gasteiger partial charge in [-0.2, -0.15) is 5.10 Å². The molecule has 1 aliphatic rings. The third-order valence-corrected chi connectivity index (χ3v) is 4.35. The zero-order valence-electron chi connectivity index (χ0n) is 11.5. The van der Waals surface area contributed by atoms with E-state index in [4.69, 9.17) is 0 Å². The van der Waals surface area contributed by atoms with E-state index < -0.39 is 0 Å². The van der Waals surface area contributed by atoms with E-state index in [-0.39, 0.29) is 0 Å². The number of nitrogens with zero attached hydrogens (tertiary/aromatic N) is 2. The largest absolute Gasteiger partial charge is 0.310 e. The van der Waals surface area contributed by atoms with Crippen LogP contribution in [-0.4, -0.2) is 15.8 Å². The Kier molecular flexibility index (Phi) is 3.87. The van der Waals surface area contributed by atoms with Gasteiger partial charge < -0.3 is 5.32 Å². The third kappa shape index (κ3) is 2.71. The molecule has 3 nitrogen and oxygen atoms in total. The number of hydrogen-bond donors (Lipinski definition) is 1. The van der Waals surface area contributed by atoms with Gasteiger partial charge in [-0.15, -0.1) is 0 Å². The minimum Gasteiger partial charge on any atom is -0.310 e. The summed E-state index contributed by atoms with van der Waals surface area (Å²) in [6.07, 6.45) is 5.86. The molecule has 96 valence electrons. The van der Waals surface area contributed by atoms with Gasteiger partial charge in [-0.25, -0.2) is 0 Å². The zero-order chi connectivity index (χ0) is 12.4. The molecule has 2 rings (SSSR count). The normalized spacial score (nSPS) is 28.8. The molecule has 1 aromatic rings. The molecule has 1 saturated carbocycles. The second kappa shape index (κ2) is 5.21. The topological polar surface area (TPSA) is 29.9 Å². The zero-order valence-corrected chi connectivity index (χ0v) is 11.5. The van der Waals surface area contributed by atoms with Crippen LogP contribution in [0.1, 0.15) is 44.9 Å². The Labute approximate surface area is 105 Å². The Morgan fingerprint density at radius 1 is 1.41 bits per heavy atom. The Hall–Kier alpha value is -0.830.